The lowest BCUT2D eigenvalue weighted by molar-refractivity contribution is 0.594. The number of hydrogen-bond acceptors (Lipinski definition) is 3. The van der Waals surface area contributed by atoms with E-state index in [0.29, 0.717) is 6.04 Å². The summed E-state index contributed by atoms with van der Waals surface area (Å²) in [6.45, 7) is 4.45. The molecule has 2 heterocycles. The van der Waals surface area contributed by atoms with Crippen molar-refractivity contribution in [2.45, 2.75) is 51.6 Å². The Balaban J connectivity index is 2.00. The molecule has 0 bridgehead atoms. The van der Waals surface area contributed by atoms with Crippen LogP contribution in [0.5, 0.6) is 0 Å². The fourth-order valence-corrected chi connectivity index (χ4v) is 2.99. The first-order valence-corrected chi connectivity index (χ1v) is 8.06. The Hall–Kier alpha value is -1.55. The van der Waals surface area contributed by atoms with Crippen molar-refractivity contribution < 1.29 is 0 Å². The molecule has 2 atom stereocenters. The van der Waals surface area contributed by atoms with E-state index in [0.717, 1.165) is 30.2 Å². The van der Waals surface area contributed by atoms with Crippen LogP contribution < -0.4 is 10.6 Å². The summed E-state index contributed by atoms with van der Waals surface area (Å²) in [7, 11) is 2.17. The van der Waals surface area contributed by atoms with E-state index >= 15 is 0 Å². The number of fused-ring (bicyclic) bond motifs is 1. The zero-order chi connectivity index (χ0) is 15.0. The molecule has 2 unspecified atom stereocenters. The molecule has 2 N–H and O–H groups in total. The second kappa shape index (κ2) is 5.68. The van der Waals surface area contributed by atoms with E-state index in [-0.39, 0.29) is 6.04 Å². The van der Waals surface area contributed by atoms with E-state index in [1.165, 1.54) is 18.5 Å². The summed E-state index contributed by atoms with van der Waals surface area (Å²) in [6, 6.07) is 6.91. The Morgan fingerprint density at radius 3 is 2.86 bits per heavy atom. The topological polar surface area (TPSA) is 46.6 Å². The maximum Gasteiger partial charge on any atom is 0.151 e. The van der Waals surface area contributed by atoms with Gasteiger partial charge in [0.15, 0.2) is 5.82 Å². The Bertz CT molecular complexity index is 614. The molecule has 2 aromatic heterocycles. The molecule has 1 fully saturated rings. The Morgan fingerprint density at radius 1 is 1.43 bits per heavy atom. The minimum atomic E-state index is 0.188. The predicted octanol–water partition coefficient (Wildman–Crippen LogP) is 2.85. The molecular weight excluding hydrogens is 260 g/mol. The largest absolute Gasteiger partial charge is 0.355 e. The summed E-state index contributed by atoms with van der Waals surface area (Å²) >= 11 is 0. The highest BCUT2D eigenvalue weighted by Gasteiger charge is 2.32. The van der Waals surface area contributed by atoms with Crippen molar-refractivity contribution in [2.75, 3.05) is 11.9 Å². The van der Waals surface area contributed by atoms with Crippen molar-refractivity contribution >= 4 is 11.5 Å². The van der Waals surface area contributed by atoms with Crippen LogP contribution in [0.4, 0.5) is 5.82 Å². The predicted molar refractivity (Wildman–Crippen MR) is 87.8 cm³/mol. The summed E-state index contributed by atoms with van der Waals surface area (Å²) < 4.78 is 2.20. The quantitative estimate of drug-likeness (QED) is 0.888. The van der Waals surface area contributed by atoms with E-state index in [4.69, 9.17) is 10.7 Å². The van der Waals surface area contributed by atoms with Crippen LogP contribution in [0.2, 0.25) is 0 Å². The summed E-state index contributed by atoms with van der Waals surface area (Å²) in [5.74, 6) is 1.93. The highest BCUT2D eigenvalue weighted by molar-refractivity contribution is 5.56. The lowest BCUT2D eigenvalue weighted by atomic mass is 10.1. The van der Waals surface area contributed by atoms with Crippen LogP contribution in [0, 0.1) is 5.92 Å². The summed E-state index contributed by atoms with van der Waals surface area (Å²) in [5, 5.41) is 0. The van der Waals surface area contributed by atoms with Gasteiger partial charge in [0.2, 0.25) is 0 Å². The molecule has 0 amide bonds. The molecule has 0 radical (unpaired) electrons. The molecule has 0 aromatic carbocycles. The zero-order valence-corrected chi connectivity index (χ0v) is 13.3. The highest BCUT2D eigenvalue weighted by Crippen LogP contribution is 2.37. The average Bonchev–Trinajstić information content (AvgIpc) is 3.29. The number of imidazole rings is 1. The molecule has 2 aromatic rings. The number of rotatable bonds is 6. The van der Waals surface area contributed by atoms with E-state index in [1.807, 2.05) is 6.07 Å². The summed E-state index contributed by atoms with van der Waals surface area (Å²) in [6.07, 6.45) is 6.66. The van der Waals surface area contributed by atoms with Crippen LogP contribution in [-0.2, 0) is 6.42 Å². The summed E-state index contributed by atoms with van der Waals surface area (Å²) in [4.78, 5) is 7.21. The van der Waals surface area contributed by atoms with Crippen molar-refractivity contribution in [3.05, 3.63) is 30.1 Å². The fraction of sp³-hybridized carbons (Fsp3) is 0.588. The second-order valence-corrected chi connectivity index (χ2v) is 6.37. The van der Waals surface area contributed by atoms with Gasteiger partial charge in [-0.1, -0.05) is 13.0 Å². The van der Waals surface area contributed by atoms with E-state index in [1.54, 1.807) is 0 Å². The molecule has 0 saturated heterocycles. The van der Waals surface area contributed by atoms with Crippen LogP contribution in [-0.4, -0.2) is 28.5 Å². The molecule has 1 aliphatic rings. The molecule has 4 nitrogen and oxygen atoms in total. The first kappa shape index (κ1) is 14.4. The first-order chi connectivity index (χ1) is 10.1. The van der Waals surface area contributed by atoms with E-state index in [2.05, 4.69) is 48.5 Å². The van der Waals surface area contributed by atoms with Gasteiger partial charge in [-0.2, -0.15) is 0 Å². The molecule has 114 valence electrons. The third kappa shape index (κ3) is 2.77. The minimum Gasteiger partial charge on any atom is -0.355 e. The van der Waals surface area contributed by atoms with Crippen LogP contribution in [0.3, 0.4) is 0 Å². The van der Waals surface area contributed by atoms with Gasteiger partial charge in [0.1, 0.15) is 5.65 Å². The Morgan fingerprint density at radius 2 is 2.19 bits per heavy atom. The maximum absolute atomic E-state index is 6.21. The zero-order valence-electron chi connectivity index (χ0n) is 13.3. The SMILES string of the molecule is CCC(N)Cc1c(N(C)C(C)C2CC2)nc2ccccn12. The molecule has 1 aliphatic carbocycles. The number of nitrogens with zero attached hydrogens (tertiary/aromatic N) is 3. The van der Waals surface area contributed by atoms with Gasteiger partial charge in [-0.25, -0.2) is 4.98 Å². The highest BCUT2D eigenvalue weighted by atomic mass is 15.2. The monoisotopic (exact) mass is 286 g/mol. The van der Waals surface area contributed by atoms with Crippen molar-refractivity contribution in [3.8, 4) is 0 Å². The van der Waals surface area contributed by atoms with E-state index < -0.39 is 0 Å². The van der Waals surface area contributed by atoms with Gasteiger partial charge in [0, 0.05) is 31.7 Å². The fourth-order valence-electron chi connectivity index (χ4n) is 2.99. The van der Waals surface area contributed by atoms with Crippen LogP contribution in [0.25, 0.3) is 5.65 Å². The van der Waals surface area contributed by atoms with Gasteiger partial charge in [-0.05, 0) is 44.2 Å². The molecule has 21 heavy (non-hydrogen) atoms. The molecule has 4 heteroatoms. The van der Waals surface area contributed by atoms with Crippen molar-refractivity contribution in [1.82, 2.24) is 9.38 Å². The van der Waals surface area contributed by atoms with Crippen LogP contribution in [0.1, 0.15) is 38.8 Å². The standard InChI is InChI=1S/C17H26N4/c1-4-14(18)11-15-17(20(3)12(2)13-8-9-13)19-16-7-5-6-10-21(15)16/h5-7,10,12-14H,4,8-9,11,18H2,1-3H3. The lowest BCUT2D eigenvalue weighted by Crippen LogP contribution is -2.32. The molecule has 1 saturated carbocycles. The number of hydrogen-bond donors (Lipinski definition) is 1. The molecule has 0 aliphatic heterocycles. The van der Waals surface area contributed by atoms with Gasteiger partial charge in [-0.3, -0.25) is 0 Å². The molecular formula is C17H26N4. The van der Waals surface area contributed by atoms with Gasteiger partial charge in [0.05, 0.1) is 5.69 Å². The van der Waals surface area contributed by atoms with Crippen molar-refractivity contribution in [3.63, 3.8) is 0 Å². The Labute approximate surface area is 127 Å². The molecule has 3 rings (SSSR count). The normalized spacial score (nSPS) is 17.9. The van der Waals surface area contributed by atoms with E-state index in [9.17, 15) is 0 Å². The number of nitrogens with two attached hydrogens (primary N) is 1. The van der Waals surface area contributed by atoms with Crippen molar-refractivity contribution in [1.29, 1.82) is 0 Å². The molecule has 0 spiro atoms. The van der Waals surface area contributed by atoms with Gasteiger partial charge in [-0.15, -0.1) is 0 Å². The first-order valence-electron chi connectivity index (χ1n) is 8.06. The second-order valence-electron chi connectivity index (χ2n) is 6.37. The minimum absolute atomic E-state index is 0.188. The smallest absolute Gasteiger partial charge is 0.151 e. The summed E-state index contributed by atoms with van der Waals surface area (Å²) in [5.41, 5.74) is 8.47. The van der Waals surface area contributed by atoms with Gasteiger partial charge >= 0.3 is 0 Å². The van der Waals surface area contributed by atoms with Crippen LogP contribution >= 0.6 is 0 Å². The lowest BCUT2D eigenvalue weighted by Gasteiger charge is -2.26. The number of aromatic nitrogens is 2. The Kier molecular flexibility index (Phi) is 3.89. The van der Waals surface area contributed by atoms with Crippen LogP contribution in [0.15, 0.2) is 24.4 Å². The maximum atomic E-state index is 6.21. The number of pyridine rings is 1. The third-order valence-corrected chi connectivity index (χ3v) is 4.84. The van der Waals surface area contributed by atoms with Gasteiger partial charge < -0.3 is 15.0 Å². The third-order valence-electron chi connectivity index (χ3n) is 4.84. The van der Waals surface area contributed by atoms with Gasteiger partial charge in [0.25, 0.3) is 0 Å². The van der Waals surface area contributed by atoms with Crippen molar-refractivity contribution in [2.24, 2.45) is 11.7 Å². The average molecular weight is 286 g/mol. The number of anilines is 1.